The molecular weight excluding hydrogens is 358 g/mol. The summed E-state index contributed by atoms with van der Waals surface area (Å²) in [6.45, 7) is 4.59. The largest absolute Gasteiger partial charge is 0.378 e. The van der Waals surface area contributed by atoms with Crippen molar-refractivity contribution in [1.29, 1.82) is 0 Å². The van der Waals surface area contributed by atoms with Crippen LogP contribution in [0.1, 0.15) is 12.8 Å². The Balaban J connectivity index is 1.37. The van der Waals surface area contributed by atoms with Gasteiger partial charge in [-0.2, -0.15) is 5.10 Å². The number of urea groups is 1. The number of ether oxygens (including phenoxy) is 1. The summed E-state index contributed by atoms with van der Waals surface area (Å²) >= 11 is 0. The van der Waals surface area contributed by atoms with Crippen LogP contribution in [0.15, 0.2) is 41.5 Å². The molecule has 2 aliphatic heterocycles. The summed E-state index contributed by atoms with van der Waals surface area (Å²) in [6.07, 6.45) is 5.19. The monoisotopic (exact) mass is 383 g/mol. The van der Waals surface area contributed by atoms with Crippen LogP contribution < -0.4 is 5.56 Å². The number of likely N-dealkylation sites (tertiary alicyclic amines) is 1. The first kappa shape index (κ1) is 18.6. The maximum Gasteiger partial charge on any atom is 0.320 e. The Morgan fingerprint density at radius 2 is 1.68 bits per heavy atom. The van der Waals surface area contributed by atoms with Crippen molar-refractivity contribution in [3.63, 3.8) is 0 Å². The van der Waals surface area contributed by atoms with Gasteiger partial charge in [0.25, 0.3) is 5.56 Å². The van der Waals surface area contributed by atoms with E-state index in [1.54, 1.807) is 29.2 Å². The second-order valence-corrected chi connectivity index (χ2v) is 7.29. The van der Waals surface area contributed by atoms with Gasteiger partial charge in [-0.25, -0.2) is 9.48 Å². The number of piperidine rings is 1. The molecule has 0 aromatic carbocycles. The molecule has 0 unspecified atom stereocenters. The third-order valence-electron chi connectivity index (χ3n) is 5.44. The van der Waals surface area contributed by atoms with Gasteiger partial charge in [0.15, 0.2) is 0 Å². The molecule has 2 aromatic rings. The highest BCUT2D eigenvalue weighted by molar-refractivity contribution is 5.74. The molecule has 0 N–H and O–H groups in total. The Kier molecular flexibility index (Phi) is 5.66. The van der Waals surface area contributed by atoms with Gasteiger partial charge in [0.1, 0.15) is 0 Å². The molecule has 2 fully saturated rings. The van der Waals surface area contributed by atoms with Crippen LogP contribution in [0.4, 0.5) is 4.79 Å². The van der Waals surface area contributed by atoms with E-state index in [1.807, 2.05) is 21.9 Å². The normalized spacial score (nSPS) is 18.3. The molecule has 28 heavy (non-hydrogen) atoms. The van der Waals surface area contributed by atoms with E-state index in [4.69, 9.17) is 4.74 Å². The zero-order chi connectivity index (χ0) is 19.3. The predicted molar refractivity (Wildman–Crippen MR) is 104 cm³/mol. The summed E-state index contributed by atoms with van der Waals surface area (Å²) in [5.74, 6) is 0.339. The van der Waals surface area contributed by atoms with Crippen LogP contribution in [-0.2, 0) is 11.3 Å². The van der Waals surface area contributed by atoms with Crippen LogP contribution in [0.2, 0.25) is 0 Å². The van der Waals surface area contributed by atoms with E-state index in [9.17, 15) is 9.59 Å². The van der Waals surface area contributed by atoms with E-state index in [0.29, 0.717) is 38.8 Å². The van der Waals surface area contributed by atoms with Gasteiger partial charge in [-0.1, -0.05) is 0 Å². The molecule has 2 amide bonds. The average molecular weight is 383 g/mol. The number of carbonyl (C=O) groups is 1. The van der Waals surface area contributed by atoms with E-state index in [-0.39, 0.29) is 11.6 Å². The summed E-state index contributed by atoms with van der Waals surface area (Å²) < 4.78 is 6.87. The number of rotatable bonds is 3. The van der Waals surface area contributed by atoms with Crippen LogP contribution in [0.25, 0.3) is 11.3 Å². The maximum absolute atomic E-state index is 12.6. The van der Waals surface area contributed by atoms with Gasteiger partial charge in [0, 0.05) is 56.7 Å². The second kappa shape index (κ2) is 8.52. The molecule has 8 heteroatoms. The molecule has 0 spiro atoms. The third-order valence-corrected chi connectivity index (χ3v) is 5.44. The number of hydrogen-bond donors (Lipinski definition) is 0. The fraction of sp³-hybridized carbons (Fsp3) is 0.500. The van der Waals surface area contributed by atoms with Crippen molar-refractivity contribution in [2.24, 2.45) is 5.92 Å². The number of aromatic nitrogens is 3. The van der Waals surface area contributed by atoms with E-state index < -0.39 is 0 Å². The van der Waals surface area contributed by atoms with Gasteiger partial charge >= 0.3 is 6.03 Å². The van der Waals surface area contributed by atoms with Crippen molar-refractivity contribution >= 4 is 6.03 Å². The second-order valence-electron chi connectivity index (χ2n) is 7.29. The van der Waals surface area contributed by atoms with Crippen molar-refractivity contribution in [3.05, 3.63) is 47.0 Å². The zero-order valence-corrected chi connectivity index (χ0v) is 15.9. The summed E-state index contributed by atoms with van der Waals surface area (Å²) in [5.41, 5.74) is 1.61. The molecule has 0 saturated carbocycles. The highest BCUT2D eigenvalue weighted by atomic mass is 16.5. The Labute approximate surface area is 163 Å². The molecule has 148 valence electrons. The van der Waals surface area contributed by atoms with Crippen LogP contribution >= 0.6 is 0 Å². The van der Waals surface area contributed by atoms with Crippen molar-refractivity contribution in [2.45, 2.75) is 19.4 Å². The van der Waals surface area contributed by atoms with Crippen molar-refractivity contribution in [2.75, 3.05) is 39.4 Å². The molecule has 0 atom stereocenters. The lowest BCUT2D eigenvalue weighted by Crippen LogP contribution is -2.50. The van der Waals surface area contributed by atoms with E-state index in [2.05, 4.69) is 10.1 Å². The fourth-order valence-corrected chi connectivity index (χ4v) is 3.76. The average Bonchev–Trinajstić information content (AvgIpc) is 2.76. The topological polar surface area (TPSA) is 80.6 Å². The van der Waals surface area contributed by atoms with Crippen LogP contribution in [0.5, 0.6) is 0 Å². The summed E-state index contributed by atoms with van der Waals surface area (Å²) in [6, 6.07) is 7.19. The molecule has 0 radical (unpaired) electrons. The number of amides is 2. The molecule has 0 bridgehead atoms. The predicted octanol–water partition coefficient (Wildman–Crippen LogP) is 1.47. The minimum atomic E-state index is -0.0929. The maximum atomic E-state index is 12.6. The van der Waals surface area contributed by atoms with Gasteiger partial charge in [-0.05, 0) is 37.0 Å². The van der Waals surface area contributed by atoms with Crippen molar-refractivity contribution in [3.8, 4) is 11.3 Å². The molecule has 2 aromatic heterocycles. The minimum absolute atomic E-state index is 0.0929. The molecule has 2 saturated heterocycles. The summed E-state index contributed by atoms with van der Waals surface area (Å²) in [5, 5.41) is 4.54. The van der Waals surface area contributed by atoms with Gasteiger partial charge in [0.2, 0.25) is 0 Å². The van der Waals surface area contributed by atoms with Crippen LogP contribution in [0.3, 0.4) is 0 Å². The Morgan fingerprint density at radius 1 is 1.00 bits per heavy atom. The van der Waals surface area contributed by atoms with Gasteiger partial charge in [-0.3, -0.25) is 9.78 Å². The highest BCUT2D eigenvalue weighted by Crippen LogP contribution is 2.20. The van der Waals surface area contributed by atoms with Crippen LogP contribution in [-0.4, -0.2) is 70.0 Å². The summed E-state index contributed by atoms with van der Waals surface area (Å²) in [4.78, 5) is 32.7. The molecule has 4 rings (SSSR count). The van der Waals surface area contributed by atoms with Gasteiger partial charge < -0.3 is 14.5 Å². The summed E-state index contributed by atoms with van der Waals surface area (Å²) in [7, 11) is 0. The van der Waals surface area contributed by atoms with E-state index in [0.717, 1.165) is 37.2 Å². The third kappa shape index (κ3) is 4.22. The molecule has 0 aliphatic carbocycles. The molecular formula is C20H25N5O3. The Hall–Kier alpha value is -2.74. The van der Waals surface area contributed by atoms with Crippen molar-refractivity contribution < 1.29 is 9.53 Å². The number of hydrogen-bond acceptors (Lipinski definition) is 5. The first-order valence-electron chi connectivity index (χ1n) is 9.81. The van der Waals surface area contributed by atoms with E-state index >= 15 is 0 Å². The minimum Gasteiger partial charge on any atom is -0.378 e. The smallest absolute Gasteiger partial charge is 0.320 e. The first-order valence-corrected chi connectivity index (χ1v) is 9.81. The fourth-order valence-electron chi connectivity index (χ4n) is 3.76. The number of pyridine rings is 1. The number of carbonyl (C=O) groups excluding carboxylic acids is 1. The van der Waals surface area contributed by atoms with Gasteiger partial charge in [-0.15, -0.1) is 0 Å². The highest BCUT2D eigenvalue weighted by Gasteiger charge is 2.27. The Bertz CT molecular complexity index is 856. The van der Waals surface area contributed by atoms with Gasteiger partial charge in [0.05, 0.1) is 18.9 Å². The first-order chi connectivity index (χ1) is 13.7. The molecule has 2 aliphatic rings. The Morgan fingerprint density at radius 3 is 2.39 bits per heavy atom. The lowest BCUT2D eigenvalue weighted by Gasteiger charge is -2.37. The molecule has 4 heterocycles. The number of nitrogens with zero attached hydrogens (tertiary/aromatic N) is 5. The lowest BCUT2D eigenvalue weighted by molar-refractivity contribution is 0.0396. The van der Waals surface area contributed by atoms with E-state index in [1.165, 1.54) is 0 Å². The number of morpholine rings is 1. The SMILES string of the molecule is O=C(N1CCOCC1)N1CCC(Cn2nc(-c3ccncc3)ccc2=O)CC1. The quantitative estimate of drug-likeness (QED) is 0.802. The van der Waals surface area contributed by atoms with Crippen molar-refractivity contribution in [1.82, 2.24) is 24.6 Å². The zero-order valence-electron chi connectivity index (χ0n) is 15.9. The molecule has 8 nitrogen and oxygen atoms in total. The standard InChI is InChI=1S/C20H25N5O3/c26-19-2-1-18(17-3-7-21-8-4-17)22-25(19)15-16-5-9-23(10-6-16)20(27)24-11-13-28-14-12-24/h1-4,7-8,16H,5-6,9-15H2. The lowest BCUT2D eigenvalue weighted by atomic mass is 9.97. The van der Waals surface area contributed by atoms with Crippen LogP contribution in [0, 0.1) is 5.92 Å².